The summed E-state index contributed by atoms with van der Waals surface area (Å²) in [6, 6.07) is 14.2. The molecule has 4 rings (SSSR count). The normalized spacial score (nSPS) is 12.4. The molecule has 34 heavy (non-hydrogen) atoms. The minimum absolute atomic E-state index is 0.144. The number of benzene rings is 1. The van der Waals surface area contributed by atoms with Gasteiger partial charge in [0.05, 0.1) is 11.1 Å². The molecular formula is C24H25N7O3. The smallest absolute Gasteiger partial charge is 0.261 e. The zero-order chi connectivity index (χ0) is 23.9. The fourth-order valence-electron chi connectivity index (χ4n) is 3.55. The third kappa shape index (κ3) is 5.52. The highest BCUT2D eigenvalue weighted by molar-refractivity contribution is 6.21. The van der Waals surface area contributed by atoms with Crippen molar-refractivity contribution in [3.05, 3.63) is 71.4 Å². The molecule has 0 fully saturated rings. The SMILES string of the molecule is Cc1ccnc(Nc2ccc(NCCNC(=O)CCCN3C(=O)c4ccccc4C3=O)nn2)c1. The molecule has 10 heteroatoms. The monoisotopic (exact) mass is 459 g/mol. The second kappa shape index (κ2) is 10.5. The average Bonchev–Trinajstić information content (AvgIpc) is 3.08. The van der Waals surface area contributed by atoms with E-state index in [1.807, 2.05) is 19.1 Å². The second-order valence-corrected chi connectivity index (χ2v) is 7.84. The number of nitrogens with zero attached hydrogens (tertiary/aromatic N) is 4. The van der Waals surface area contributed by atoms with Gasteiger partial charge in [-0.3, -0.25) is 19.3 Å². The molecule has 10 nitrogen and oxygen atoms in total. The van der Waals surface area contributed by atoms with Crippen LogP contribution in [0.25, 0.3) is 0 Å². The van der Waals surface area contributed by atoms with Crippen LogP contribution >= 0.6 is 0 Å². The molecule has 0 saturated carbocycles. The summed E-state index contributed by atoms with van der Waals surface area (Å²) in [7, 11) is 0. The van der Waals surface area contributed by atoms with Gasteiger partial charge in [-0.05, 0) is 55.3 Å². The summed E-state index contributed by atoms with van der Waals surface area (Å²) in [5.74, 6) is 1.11. The highest BCUT2D eigenvalue weighted by Gasteiger charge is 2.34. The van der Waals surface area contributed by atoms with E-state index in [9.17, 15) is 14.4 Å². The summed E-state index contributed by atoms with van der Waals surface area (Å²) in [5, 5.41) is 17.2. The molecule has 2 aromatic heterocycles. The van der Waals surface area contributed by atoms with Gasteiger partial charge in [-0.1, -0.05) is 12.1 Å². The molecule has 3 N–H and O–H groups in total. The lowest BCUT2D eigenvalue weighted by Gasteiger charge is -2.13. The number of fused-ring (bicyclic) bond motifs is 1. The summed E-state index contributed by atoms with van der Waals surface area (Å²) >= 11 is 0. The predicted molar refractivity (Wildman–Crippen MR) is 127 cm³/mol. The Morgan fingerprint density at radius 2 is 1.62 bits per heavy atom. The number of hydrogen-bond acceptors (Lipinski definition) is 8. The highest BCUT2D eigenvalue weighted by atomic mass is 16.2. The molecule has 0 saturated heterocycles. The van der Waals surface area contributed by atoms with Crippen molar-refractivity contribution >= 4 is 35.2 Å². The number of rotatable bonds is 10. The molecule has 1 aliphatic rings. The predicted octanol–water partition coefficient (Wildman–Crippen LogP) is 2.53. The molecular weight excluding hydrogens is 434 g/mol. The number of aromatic nitrogens is 3. The van der Waals surface area contributed by atoms with Gasteiger partial charge < -0.3 is 16.0 Å². The Labute approximate surface area is 196 Å². The average molecular weight is 460 g/mol. The molecule has 0 atom stereocenters. The molecule has 0 aliphatic carbocycles. The lowest BCUT2D eigenvalue weighted by molar-refractivity contribution is -0.121. The summed E-state index contributed by atoms with van der Waals surface area (Å²) < 4.78 is 0. The highest BCUT2D eigenvalue weighted by Crippen LogP contribution is 2.22. The van der Waals surface area contributed by atoms with Gasteiger partial charge in [-0.25, -0.2) is 4.98 Å². The van der Waals surface area contributed by atoms with Crippen LogP contribution in [-0.2, 0) is 4.79 Å². The fraction of sp³-hybridized carbons (Fsp3) is 0.250. The minimum Gasteiger partial charge on any atom is -0.367 e. The summed E-state index contributed by atoms with van der Waals surface area (Å²) in [6.07, 6.45) is 2.35. The maximum Gasteiger partial charge on any atom is 0.261 e. The molecule has 1 aliphatic heterocycles. The maximum atomic E-state index is 12.3. The Balaban J connectivity index is 1.13. The van der Waals surface area contributed by atoms with E-state index in [0.29, 0.717) is 48.1 Å². The molecule has 3 amide bonds. The topological polar surface area (TPSA) is 129 Å². The minimum atomic E-state index is -0.303. The van der Waals surface area contributed by atoms with Gasteiger partial charge in [0.25, 0.3) is 11.8 Å². The van der Waals surface area contributed by atoms with Crippen molar-refractivity contribution in [2.75, 3.05) is 30.3 Å². The van der Waals surface area contributed by atoms with E-state index in [1.54, 1.807) is 42.6 Å². The van der Waals surface area contributed by atoms with Crippen LogP contribution in [0.3, 0.4) is 0 Å². The number of pyridine rings is 1. The van der Waals surface area contributed by atoms with Gasteiger partial charge in [0.1, 0.15) is 11.6 Å². The standard InChI is InChI=1S/C24H25N7O3/c1-16-10-11-25-21(15-16)28-20-9-8-19(29-30-20)26-12-13-27-22(32)7-4-14-31-23(33)17-5-2-3-6-18(17)24(31)34/h2-3,5-6,8-11,15H,4,7,12-14H2,1H3,(H,26,29)(H,27,32)(H,25,28,30). The van der Waals surface area contributed by atoms with Crippen molar-refractivity contribution in [1.82, 2.24) is 25.4 Å². The first-order chi connectivity index (χ1) is 16.5. The van der Waals surface area contributed by atoms with Crippen LogP contribution in [0, 0.1) is 6.92 Å². The lowest BCUT2D eigenvalue weighted by atomic mass is 10.1. The molecule has 1 aromatic carbocycles. The van der Waals surface area contributed by atoms with E-state index < -0.39 is 0 Å². The van der Waals surface area contributed by atoms with Crippen LogP contribution < -0.4 is 16.0 Å². The molecule has 3 heterocycles. The van der Waals surface area contributed by atoms with E-state index in [4.69, 9.17) is 0 Å². The van der Waals surface area contributed by atoms with E-state index in [2.05, 4.69) is 31.1 Å². The van der Waals surface area contributed by atoms with Crippen LogP contribution in [0.1, 0.15) is 39.1 Å². The van der Waals surface area contributed by atoms with Crippen LogP contribution in [-0.4, -0.2) is 57.4 Å². The Morgan fingerprint density at radius 1 is 0.912 bits per heavy atom. The van der Waals surface area contributed by atoms with Crippen molar-refractivity contribution in [3.8, 4) is 0 Å². The largest absolute Gasteiger partial charge is 0.367 e. The van der Waals surface area contributed by atoms with Crippen LogP contribution in [0.15, 0.2) is 54.7 Å². The maximum absolute atomic E-state index is 12.3. The molecule has 174 valence electrons. The Bertz CT molecular complexity index is 1160. The number of imide groups is 1. The first-order valence-corrected chi connectivity index (χ1v) is 11.0. The first kappa shape index (κ1) is 22.8. The van der Waals surface area contributed by atoms with Crippen molar-refractivity contribution in [3.63, 3.8) is 0 Å². The van der Waals surface area contributed by atoms with E-state index in [-0.39, 0.29) is 30.7 Å². The van der Waals surface area contributed by atoms with Gasteiger partial charge in [0.2, 0.25) is 5.91 Å². The van der Waals surface area contributed by atoms with Crippen LogP contribution in [0.4, 0.5) is 17.5 Å². The van der Waals surface area contributed by atoms with Gasteiger partial charge in [-0.15, -0.1) is 10.2 Å². The van der Waals surface area contributed by atoms with Gasteiger partial charge in [0, 0.05) is 32.3 Å². The molecule has 3 aromatic rings. The molecule has 0 bridgehead atoms. The molecule has 0 spiro atoms. The van der Waals surface area contributed by atoms with Crippen LogP contribution in [0.2, 0.25) is 0 Å². The number of carbonyl (C=O) groups excluding carboxylic acids is 3. The second-order valence-electron chi connectivity index (χ2n) is 7.84. The van der Waals surface area contributed by atoms with Gasteiger partial charge >= 0.3 is 0 Å². The third-order valence-corrected chi connectivity index (χ3v) is 5.25. The Morgan fingerprint density at radius 3 is 2.29 bits per heavy atom. The lowest BCUT2D eigenvalue weighted by Crippen LogP contribution is -2.33. The van der Waals surface area contributed by atoms with Gasteiger partial charge in [0.15, 0.2) is 5.82 Å². The number of carbonyl (C=O) groups is 3. The Hall–Kier alpha value is -4.34. The Kier molecular flexibility index (Phi) is 7.07. The van der Waals surface area contributed by atoms with Crippen LogP contribution in [0.5, 0.6) is 0 Å². The summed E-state index contributed by atoms with van der Waals surface area (Å²) in [4.78, 5) is 42.2. The number of nitrogens with one attached hydrogen (secondary N) is 3. The number of hydrogen-bond donors (Lipinski definition) is 3. The van der Waals surface area contributed by atoms with Crippen molar-refractivity contribution in [1.29, 1.82) is 0 Å². The fourth-order valence-corrected chi connectivity index (χ4v) is 3.55. The summed E-state index contributed by atoms with van der Waals surface area (Å²) in [5.41, 5.74) is 1.93. The van der Waals surface area contributed by atoms with E-state index in [1.165, 1.54) is 4.90 Å². The quantitative estimate of drug-likeness (QED) is 0.312. The van der Waals surface area contributed by atoms with Crippen molar-refractivity contribution in [2.45, 2.75) is 19.8 Å². The first-order valence-electron chi connectivity index (χ1n) is 11.0. The van der Waals surface area contributed by atoms with Gasteiger partial charge in [-0.2, -0.15) is 0 Å². The number of amides is 3. The van der Waals surface area contributed by atoms with E-state index >= 15 is 0 Å². The van der Waals surface area contributed by atoms with Crippen molar-refractivity contribution in [2.24, 2.45) is 0 Å². The zero-order valence-electron chi connectivity index (χ0n) is 18.7. The molecule has 0 radical (unpaired) electrons. The number of aryl methyl sites for hydroxylation is 1. The molecule has 0 unspecified atom stereocenters. The zero-order valence-corrected chi connectivity index (χ0v) is 18.7. The van der Waals surface area contributed by atoms with E-state index in [0.717, 1.165) is 5.56 Å². The van der Waals surface area contributed by atoms with Crippen molar-refractivity contribution < 1.29 is 14.4 Å². The number of anilines is 3. The summed E-state index contributed by atoms with van der Waals surface area (Å²) in [6.45, 7) is 3.08. The third-order valence-electron chi connectivity index (χ3n) is 5.25.